The lowest BCUT2D eigenvalue weighted by Crippen LogP contribution is -2.32. The van der Waals surface area contributed by atoms with Gasteiger partial charge in [-0.1, -0.05) is 12.1 Å². The minimum atomic E-state index is -1.09. The van der Waals surface area contributed by atoms with E-state index in [0.29, 0.717) is 17.5 Å². The van der Waals surface area contributed by atoms with Crippen LogP contribution < -0.4 is 5.32 Å². The van der Waals surface area contributed by atoms with Gasteiger partial charge in [-0.15, -0.1) is 0 Å². The quantitative estimate of drug-likeness (QED) is 0.790. The van der Waals surface area contributed by atoms with E-state index in [1.165, 1.54) is 24.4 Å². The number of imidazole rings is 1. The predicted molar refractivity (Wildman–Crippen MR) is 83.1 cm³/mol. The van der Waals surface area contributed by atoms with Crippen molar-refractivity contribution in [3.05, 3.63) is 83.5 Å². The fraction of sp³-hybridized carbons (Fsp3) is 0.118. The van der Waals surface area contributed by atoms with Gasteiger partial charge in [-0.2, -0.15) is 0 Å². The van der Waals surface area contributed by atoms with Crippen LogP contribution in [0.25, 0.3) is 0 Å². The van der Waals surface area contributed by atoms with Gasteiger partial charge in [0.25, 0.3) is 5.91 Å². The van der Waals surface area contributed by atoms with Gasteiger partial charge in [0, 0.05) is 25.5 Å². The molecule has 0 bridgehead atoms. The van der Waals surface area contributed by atoms with E-state index in [1.807, 2.05) is 0 Å². The van der Waals surface area contributed by atoms with Crippen molar-refractivity contribution >= 4 is 5.91 Å². The Morgan fingerprint density at radius 2 is 1.96 bits per heavy atom. The Labute approximate surface area is 141 Å². The largest absolute Gasteiger partial charge is 0.337 e. The number of amides is 1. The number of pyridine rings is 1. The molecule has 0 saturated heterocycles. The maximum atomic E-state index is 13.8. The van der Waals surface area contributed by atoms with Crippen molar-refractivity contribution in [1.29, 1.82) is 0 Å². The van der Waals surface area contributed by atoms with Crippen LogP contribution in [0.3, 0.4) is 0 Å². The number of aryl methyl sites for hydroxylation is 1. The molecule has 8 heteroatoms. The highest BCUT2D eigenvalue weighted by molar-refractivity contribution is 5.93. The average molecular weight is 346 g/mol. The van der Waals surface area contributed by atoms with Crippen molar-refractivity contribution in [2.75, 3.05) is 0 Å². The number of nitrogens with zero attached hydrogens (tertiary/aromatic N) is 3. The molecule has 1 unspecified atom stereocenters. The van der Waals surface area contributed by atoms with E-state index in [9.17, 15) is 18.0 Å². The highest BCUT2D eigenvalue weighted by Gasteiger charge is 2.24. The molecule has 0 spiro atoms. The third kappa shape index (κ3) is 3.52. The molecule has 128 valence electrons. The van der Waals surface area contributed by atoms with Crippen LogP contribution in [0.1, 0.15) is 27.9 Å². The lowest BCUT2D eigenvalue weighted by atomic mass is 10.1. The van der Waals surface area contributed by atoms with Crippen LogP contribution >= 0.6 is 0 Å². The van der Waals surface area contributed by atoms with Crippen molar-refractivity contribution in [3.63, 3.8) is 0 Å². The van der Waals surface area contributed by atoms with Gasteiger partial charge in [-0.3, -0.25) is 4.79 Å². The summed E-state index contributed by atoms with van der Waals surface area (Å²) in [5.41, 5.74) is -0.137. The minimum absolute atomic E-state index is 0.418. The minimum Gasteiger partial charge on any atom is -0.337 e. The Morgan fingerprint density at radius 1 is 1.16 bits per heavy atom. The molecule has 1 aromatic carbocycles. The highest BCUT2D eigenvalue weighted by atomic mass is 19.1. The maximum absolute atomic E-state index is 13.8. The molecule has 25 heavy (non-hydrogen) atoms. The Hall–Kier alpha value is -3.16. The SMILES string of the molecule is Cn1ccnc1C(NC(=O)c1ncc(F)cc1F)c1cccc(F)c1. The Bertz CT molecular complexity index is 926. The Morgan fingerprint density at radius 3 is 2.60 bits per heavy atom. The molecule has 5 nitrogen and oxygen atoms in total. The molecule has 3 rings (SSSR count). The van der Waals surface area contributed by atoms with Crippen LogP contribution in [-0.2, 0) is 7.05 Å². The van der Waals surface area contributed by atoms with E-state index >= 15 is 0 Å². The van der Waals surface area contributed by atoms with E-state index in [0.717, 1.165) is 6.20 Å². The van der Waals surface area contributed by atoms with Crippen LogP contribution in [0.5, 0.6) is 0 Å². The first-order valence-electron chi connectivity index (χ1n) is 7.30. The number of aromatic nitrogens is 3. The molecular weight excluding hydrogens is 333 g/mol. The number of nitrogens with one attached hydrogen (secondary N) is 1. The van der Waals surface area contributed by atoms with Crippen molar-refractivity contribution < 1.29 is 18.0 Å². The normalized spacial score (nSPS) is 12.0. The van der Waals surface area contributed by atoms with Gasteiger partial charge in [0.1, 0.15) is 23.5 Å². The Kier molecular flexibility index (Phi) is 4.51. The van der Waals surface area contributed by atoms with Crippen molar-refractivity contribution in [2.24, 2.45) is 7.05 Å². The zero-order valence-corrected chi connectivity index (χ0v) is 13.1. The van der Waals surface area contributed by atoms with Gasteiger partial charge < -0.3 is 9.88 Å². The monoisotopic (exact) mass is 346 g/mol. The van der Waals surface area contributed by atoms with Gasteiger partial charge in [0.05, 0.1) is 6.20 Å². The van der Waals surface area contributed by atoms with Crippen LogP contribution in [0, 0.1) is 17.5 Å². The van der Waals surface area contributed by atoms with Gasteiger partial charge in [0.15, 0.2) is 11.5 Å². The summed E-state index contributed by atoms with van der Waals surface area (Å²) in [6, 6.07) is 5.34. The molecule has 1 N–H and O–H groups in total. The third-order valence-corrected chi connectivity index (χ3v) is 3.60. The van der Waals surface area contributed by atoms with Gasteiger partial charge in [-0.05, 0) is 17.7 Å². The standard InChI is InChI=1S/C17H13F3N4O/c1-24-6-5-21-16(24)14(10-3-2-4-11(18)7-10)23-17(25)15-13(20)8-12(19)9-22-15/h2-9,14H,1H3,(H,23,25). The van der Waals surface area contributed by atoms with Crippen molar-refractivity contribution in [1.82, 2.24) is 19.9 Å². The van der Waals surface area contributed by atoms with Gasteiger partial charge in [0.2, 0.25) is 0 Å². The first kappa shape index (κ1) is 16.7. The van der Waals surface area contributed by atoms with E-state index in [4.69, 9.17) is 0 Å². The molecule has 0 fully saturated rings. The Balaban J connectivity index is 1.98. The number of carbonyl (C=O) groups excluding carboxylic acids is 1. The van der Waals surface area contributed by atoms with Crippen LogP contribution in [0.15, 0.2) is 48.9 Å². The lowest BCUT2D eigenvalue weighted by molar-refractivity contribution is 0.0931. The van der Waals surface area contributed by atoms with E-state index in [2.05, 4.69) is 15.3 Å². The van der Waals surface area contributed by atoms with Crippen LogP contribution in [-0.4, -0.2) is 20.4 Å². The topological polar surface area (TPSA) is 59.8 Å². The zero-order valence-electron chi connectivity index (χ0n) is 13.1. The fourth-order valence-corrected chi connectivity index (χ4v) is 2.42. The first-order valence-corrected chi connectivity index (χ1v) is 7.30. The first-order chi connectivity index (χ1) is 12.0. The smallest absolute Gasteiger partial charge is 0.273 e. The van der Waals surface area contributed by atoms with E-state index in [1.54, 1.807) is 23.9 Å². The molecule has 0 aliphatic carbocycles. The summed E-state index contributed by atoms with van der Waals surface area (Å²) in [5.74, 6) is -2.91. The van der Waals surface area contributed by atoms with E-state index < -0.39 is 35.1 Å². The number of benzene rings is 1. The lowest BCUT2D eigenvalue weighted by Gasteiger charge is -2.19. The maximum Gasteiger partial charge on any atom is 0.273 e. The summed E-state index contributed by atoms with van der Waals surface area (Å²) in [4.78, 5) is 20.0. The summed E-state index contributed by atoms with van der Waals surface area (Å²) in [5, 5.41) is 2.57. The summed E-state index contributed by atoms with van der Waals surface area (Å²) < 4.78 is 42.0. The molecule has 1 amide bonds. The fourth-order valence-electron chi connectivity index (χ4n) is 2.42. The number of rotatable bonds is 4. The predicted octanol–water partition coefficient (Wildman–Crippen LogP) is 2.75. The van der Waals surface area contributed by atoms with Crippen molar-refractivity contribution in [3.8, 4) is 0 Å². The zero-order chi connectivity index (χ0) is 18.0. The molecule has 0 aliphatic rings. The second-order valence-corrected chi connectivity index (χ2v) is 5.34. The van der Waals surface area contributed by atoms with Gasteiger partial charge >= 0.3 is 0 Å². The molecular formula is C17H13F3N4O. The molecule has 2 heterocycles. The van der Waals surface area contributed by atoms with Gasteiger partial charge in [-0.25, -0.2) is 23.1 Å². The molecule has 0 saturated carbocycles. The molecule has 3 aromatic rings. The summed E-state index contributed by atoms with van der Waals surface area (Å²) in [7, 11) is 1.71. The third-order valence-electron chi connectivity index (χ3n) is 3.60. The average Bonchev–Trinajstić information content (AvgIpc) is 2.98. The number of halogens is 3. The second-order valence-electron chi connectivity index (χ2n) is 5.34. The second kappa shape index (κ2) is 6.76. The number of carbonyl (C=O) groups is 1. The summed E-state index contributed by atoms with van der Waals surface area (Å²) in [6.45, 7) is 0. The molecule has 0 aliphatic heterocycles. The summed E-state index contributed by atoms with van der Waals surface area (Å²) in [6.07, 6.45) is 3.92. The molecule has 1 atom stereocenters. The van der Waals surface area contributed by atoms with Crippen LogP contribution in [0.4, 0.5) is 13.2 Å². The molecule has 2 aromatic heterocycles. The number of hydrogen-bond acceptors (Lipinski definition) is 3. The summed E-state index contributed by atoms with van der Waals surface area (Å²) >= 11 is 0. The highest BCUT2D eigenvalue weighted by Crippen LogP contribution is 2.22. The molecule has 0 radical (unpaired) electrons. The van der Waals surface area contributed by atoms with Crippen LogP contribution in [0.2, 0.25) is 0 Å². The number of hydrogen-bond donors (Lipinski definition) is 1. The van der Waals surface area contributed by atoms with E-state index in [-0.39, 0.29) is 0 Å². The van der Waals surface area contributed by atoms with Crippen molar-refractivity contribution in [2.45, 2.75) is 6.04 Å².